The molecule has 6 rings (SSSR count). The lowest BCUT2D eigenvalue weighted by atomic mass is 9.90. The zero-order chi connectivity index (χ0) is 28.7. The van der Waals surface area contributed by atoms with E-state index >= 15 is 0 Å². The minimum Gasteiger partial charge on any atom is -0.381 e. The van der Waals surface area contributed by atoms with Gasteiger partial charge in [-0.2, -0.15) is 0 Å². The number of aromatic nitrogens is 2. The van der Waals surface area contributed by atoms with Gasteiger partial charge in [-0.15, -0.1) is 0 Å². The van der Waals surface area contributed by atoms with E-state index in [-0.39, 0.29) is 0 Å². The van der Waals surface area contributed by atoms with Crippen molar-refractivity contribution in [2.75, 3.05) is 65.0 Å². The van der Waals surface area contributed by atoms with Crippen LogP contribution in [0.3, 0.4) is 0 Å². The summed E-state index contributed by atoms with van der Waals surface area (Å²) >= 11 is 0. The van der Waals surface area contributed by atoms with Crippen molar-refractivity contribution in [3.05, 3.63) is 52.5 Å². The SMILES string of the molecule is CC(C)c1ccc(C2CCOC2)c(CN2CCC(C3C[C@H](c4ccc(C(C)C)nc4N4CC(N(C)C)C4)CO3)C2)n1. The first-order valence-corrected chi connectivity index (χ1v) is 16.1. The maximum absolute atomic E-state index is 6.57. The summed E-state index contributed by atoms with van der Waals surface area (Å²) in [6.07, 6.45) is 3.74. The highest BCUT2D eigenvalue weighted by atomic mass is 16.5. The molecule has 0 bridgehead atoms. The van der Waals surface area contributed by atoms with Crippen LogP contribution in [-0.4, -0.2) is 92.0 Å². The Labute approximate surface area is 247 Å². The third kappa shape index (κ3) is 6.20. The Hall–Kier alpha value is -2.06. The summed E-state index contributed by atoms with van der Waals surface area (Å²) in [5.41, 5.74) is 6.45. The molecule has 4 atom stereocenters. The summed E-state index contributed by atoms with van der Waals surface area (Å²) in [5, 5.41) is 0. The van der Waals surface area contributed by atoms with E-state index in [1.54, 1.807) is 0 Å². The Morgan fingerprint density at radius 1 is 0.878 bits per heavy atom. The molecular weight excluding hydrogens is 510 g/mol. The molecule has 2 aromatic rings. The van der Waals surface area contributed by atoms with Crippen molar-refractivity contribution in [1.29, 1.82) is 0 Å². The zero-order valence-electron chi connectivity index (χ0n) is 26.2. The van der Waals surface area contributed by atoms with Crippen molar-refractivity contribution in [3.8, 4) is 0 Å². The van der Waals surface area contributed by atoms with Crippen LogP contribution in [0, 0.1) is 5.92 Å². The van der Waals surface area contributed by atoms with E-state index < -0.39 is 0 Å². The van der Waals surface area contributed by atoms with Gasteiger partial charge in [-0.3, -0.25) is 9.88 Å². The molecule has 0 saturated carbocycles. The molecule has 7 heteroatoms. The van der Waals surface area contributed by atoms with Gasteiger partial charge < -0.3 is 19.3 Å². The molecule has 0 aliphatic carbocycles. The lowest BCUT2D eigenvalue weighted by Gasteiger charge is -2.44. The van der Waals surface area contributed by atoms with Crippen LogP contribution in [0.2, 0.25) is 0 Å². The van der Waals surface area contributed by atoms with Crippen LogP contribution >= 0.6 is 0 Å². The van der Waals surface area contributed by atoms with E-state index in [2.05, 4.69) is 80.8 Å². The maximum Gasteiger partial charge on any atom is 0.132 e. The van der Waals surface area contributed by atoms with E-state index in [0.29, 0.717) is 41.7 Å². The molecule has 4 aliphatic heterocycles. The average Bonchev–Trinajstić information content (AvgIpc) is 3.69. The second kappa shape index (κ2) is 12.3. The van der Waals surface area contributed by atoms with Gasteiger partial charge in [-0.25, -0.2) is 4.98 Å². The molecule has 4 saturated heterocycles. The first-order chi connectivity index (χ1) is 19.8. The predicted molar refractivity (Wildman–Crippen MR) is 165 cm³/mol. The molecule has 0 radical (unpaired) electrons. The first-order valence-electron chi connectivity index (χ1n) is 16.1. The molecular formula is C34H51N5O2. The van der Waals surface area contributed by atoms with Crippen molar-refractivity contribution < 1.29 is 9.47 Å². The number of anilines is 1. The molecule has 0 spiro atoms. The van der Waals surface area contributed by atoms with Crippen LogP contribution in [0.25, 0.3) is 0 Å². The topological polar surface area (TPSA) is 54.0 Å². The van der Waals surface area contributed by atoms with Crippen LogP contribution in [0.15, 0.2) is 24.3 Å². The van der Waals surface area contributed by atoms with E-state index in [1.165, 1.54) is 40.4 Å². The molecule has 7 nitrogen and oxygen atoms in total. The highest BCUT2D eigenvalue weighted by Gasteiger charge is 2.39. The number of hydrogen-bond donors (Lipinski definition) is 0. The standard InChI is InChI=1S/C34H51N5O2/c1-22(2)30-9-7-28(25-12-14-40-20-25)32(35-30)19-38-13-11-24(16-38)33-15-26(21-41-33)29-8-10-31(23(3)4)36-34(29)39-17-27(18-39)37(5)6/h7-10,22-27,33H,11-21H2,1-6H3/t24?,25?,26-,33?/m0/s1. The second-order valence-electron chi connectivity index (χ2n) is 13.9. The number of rotatable bonds is 9. The summed E-state index contributed by atoms with van der Waals surface area (Å²) in [6.45, 7) is 16.7. The Balaban J connectivity index is 1.12. The predicted octanol–water partition coefficient (Wildman–Crippen LogP) is 5.37. The summed E-state index contributed by atoms with van der Waals surface area (Å²) in [6, 6.07) is 9.80. The van der Waals surface area contributed by atoms with E-state index in [1.807, 2.05) is 0 Å². The number of likely N-dealkylation sites (N-methyl/N-ethyl adjacent to an activating group) is 1. The van der Waals surface area contributed by atoms with E-state index in [9.17, 15) is 0 Å². The van der Waals surface area contributed by atoms with Gasteiger partial charge in [-0.05, 0) is 75.4 Å². The number of pyridine rings is 2. The summed E-state index contributed by atoms with van der Waals surface area (Å²) < 4.78 is 12.3. The second-order valence-corrected chi connectivity index (χ2v) is 13.9. The minimum absolute atomic E-state index is 0.325. The van der Waals surface area contributed by atoms with E-state index in [0.717, 1.165) is 65.4 Å². The molecule has 2 aromatic heterocycles. The fourth-order valence-corrected chi connectivity index (χ4v) is 7.17. The van der Waals surface area contributed by atoms with E-state index in [4.69, 9.17) is 19.4 Å². The normalized spacial score (nSPS) is 27.6. The monoisotopic (exact) mass is 561 g/mol. The smallest absolute Gasteiger partial charge is 0.132 e. The third-order valence-corrected chi connectivity index (χ3v) is 10.1. The molecule has 0 aromatic carbocycles. The van der Waals surface area contributed by atoms with Gasteiger partial charge in [0.1, 0.15) is 5.82 Å². The third-order valence-electron chi connectivity index (χ3n) is 10.1. The zero-order valence-corrected chi connectivity index (χ0v) is 26.2. The number of likely N-dealkylation sites (tertiary alicyclic amines) is 1. The molecule has 4 aliphatic rings. The Morgan fingerprint density at radius 2 is 1.61 bits per heavy atom. The highest BCUT2D eigenvalue weighted by Crippen LogP contribution is 2.41. The highest BCUT2D eigenvalue weighted by molar-refractivity contribution is 5.53. The van der Waals surface area contributed by atoms with Crippen molar-refractivity contribution >= 4 is 5.82 Å². The average molecular weight is 562 g/mol. The van der Waals surface area contributed by atoms with Gasteiger partial charge in [0.25, 0.3) is 0 Å². The lowest BCUT2D eigenvalue weighted by molar-refractivity contribution is 0.0645. The van der Waals surface area contributed by atoms with Crippen molar-refractivity contribution in [2.24, 2.45) is 5.92 Å². The molecule has 4 fully saturated rings. The van der Waals surface area contributed by atoms with Crippen LogP contribution in [0.5, 0.6) is 0 Å². The first kappa shape index (κ1) is 29.0. The Morgan fingerprint density at radius 3 is 2.29 bits per heavy atom. The van der Waals surface area contributed by atoms with Gasteiger partial charge in [0, 0.05) is 67.6 Å². The van der Waals surface area contributed by atoms with Gasteiger partial charge >= 0.3 is 0 Å². The summed E-state index contributed by atoms with van der Waals surface area (Å²) in [4.78, 5) is 17.8. The minimum atomic E-state index is 0.325. The molecule has 41 heavy (non-hydrogen) atoms. The largest absolute Gasteiger partial charge is 0.381 e. The van der Waals surface area contributed by atoms with Crippen LogP contribution in [0.4, 0.5) is 5.82 Å². The molecule has 3 unspecified atom stereocenters. The fourth-order valence-electron chi connectivity index (χ4n) is 7.17. The van der Waals surface area contributed by atoms with Crippen LogP contribution in [0.1, 0.15) is 98.8 Å². The number of ether oxygens (including phenoxy) is 2. The fraction of sp³-hybridized carbons (Fsp3) is 0.706. The van der Waals surface area contributed by atoms with Crippen molar-refractivity contribution in [2.45, 2.75) is 89.3 Å². The van der Waals surface area contributed by atoms with Gasteiger partial charge in [0.2, 0.25) is 0 Å². The van der Waals surface area contributed by atoms with Gasteiger partial charge in [0.05, 0.1) is 25.0 Å². The molecule has 224 valence electrons. The van der Waals surface area contributed by atoms with Crippen molar-refractivity contribution in [1.82, 2.24) is 19.8 Å². The Bertz CT molecular complexity index is 1190. The Kier molecular flexibility index (Phi) is 8.69. The maximum atomic E-state index is 6.57. The quantitative estimate of drug-likeness (QED) is 0.408. The summed E-state index contributed by atoms with van der Waals surface area (Å²) in [7, 11) is 4.37. The van der Waals surface area contributed by atoms with Gasteiger partial charge in [0.15, 0.2) is 0 Å². The number of nitrogens with zero attached hydrogens (tertiary/aromatic N) is 5. The molecule has 6 heterocycles. The van der Waals surface area contributed by atoms with Crippen molar-refractivity contribution in [3.63, 3.8) is 0 Å². The van der Waals surface area contributed by atoms with Gasteiger partial charge in [-0.1, -0.05) is 39.8 Å². The molecule has 0 N–H and O–H groups in total. The number of hydrogen-bond acceptors (Lipinski definition) is 7. The van der Waals surface area contributed by atoms with Crippen LogP contribution < -0.4 is 4.90 Å². The lowest BCUT2D eigenvalue weighted by Crippen LogP contribution is -2.58. The molecule has 0 amide bonds. The van der Waals surface area contributed by atoms with Crippen LogP contribution in [-0.2, 0) is 16.0 Å². The summed E-state index contributed by atoms with van der Waals surface area (Å²) in [5.74, 6) is 3.58.